The van der Waals surface area contributed by atoms with E-state index in [0.717, 1.165) is 0 Å². The van der Waals surface area contributed by atoms with Crippen LogP contribution in [0.15, 0.2) is 18.2 Å². The molecule has 13 heavy (non-hydrogen) atoms. The van der Waals surface area contributed by atoms with Gasteiger partial charge in [-0.05, 0) is 25.5 Å². The Kier molecular flexibility index (Phi) is 3.01. The number of hydrogen-bond acceptors (Lipinski definition) is 2. The molecule has 0 aliphatic rings. The van der Waals surface area contributed by atoms with Crippen LogP contribution < -0.4 is 4.74 Å². The second-order valence-electron chi connectivity index (χ2n) is 2.88. The van der Waals surface area contributed by atoms with Gasteiger partial charge in [0.05, 0.1) is 0 Å². The largest absolute Gasteiger partial charge is 0.483 e. The van der Waals surface area contributed by atoms with Crippen LogP contribution in [-0.2, 0) is 4.79 Å². The molecule has 0 aromatic heterocycles. The number of benzene rings is 1. The number of Topliss-reactive ketones (excluding diaryl/α,β-unsaturated/α-hetero) is 1. The standard InChI is InChI=1S/C10H11FO2/c1-7-4-3-5-9(10(7)11)13-6-8(2)12/h3-5H,6H2,1-2H3. The van der Waals surface area contributed by atoms with Crippen molar-refractivity contribution >= 4 is 5.78 Å². The Hall–Kier alpha value is -1.38. The molecule has 0 saturated carbocycles. The molecule has 0 amide bonds. The monoisotopic (exact) mass is 182 g/mol. The van der Waals surface area contributed by atoms with E-state index in [9.17, 15) is 9.18 Å². The van der Waals surface area contributed by atoms with Crippen LogP contribution in [0.4, 0.5) is 4.39 Å². The lowest BCUT2D eigenvalue weighted by Crippen LogP contribution is -2.07. The number of ketones is 1. The summed E-state index contributed by atoms with van der Waals surface area (Å²) in [5.41, 5.74) is 0.515. The smallest absolute Gasteiger partial charge is 0.167 e. The van der Waals surface area contributed by atoms with Crippen molar-refractivity contribution in [3.8, 4) is 5.75 Å². The Morgan fingerprint density at radius 1 is 1.54 bits per heavy atom. The molecule has 0 atom stereocenters. The highest BCUT2D eigenvalue weighted by Gasteiger charge is 2.05. The predicted molar refractivity (Wildman–Crippen MR) is 47.3 cm³/mol. The summed E-state index contributed by atoms with van der Waals surface area (Å²) < 4.78 is 18.2. The van der Waals surface area contributed by atoms with Gasteiger partial charge in [0.1, 0.15) is 6.61 Å². The van der Waals surface area contributed by atoms with Gasteiger partial charge < -0.3 is 4.74 Å². The van der Waals surface area contributed by atoms with Crippen LogP contribution in [-0.4, -0.2) is 12.4 Å². The molecule has 0 radical (unpaired) electrons. The fourth-order valence-electron chi connectivity index (χ4n) is 0.911. The first-order valence-electron chi connectivity index (χ1n) is 3.98. The Labute approximate surface area is 76.3 Å². The minimum atomic E-state index is -0.399. The Morgan fingerprint density at radius 2 is 2.23 bits per heavy atom. The molecule has 0 aliphatic carbocycles. The summed E-state index contributed by atoms with van der Waals surface area (Å²) in [7, 11) is 0. The van der Waals surface area contributed by atoms with Crippen LogP contribution in [0.3, 0.4) is 0 Å². The molecule has 1 rings (SSSR count). The first-order valence-corrected chi connectivity index (χ1v) is 3.98. The Morgan fingerprint density at radius 3 is 2.85 bits per heavy atom. The lowest BCUT2D eigenvalue weighted by atomic mass is 10.2. The molecule has 0 unspecified atom stereocenters. The molecule has 1 aromatic carbocycles. The normalized spacial score (nSPS) is 9.77. The molecule has 1 aromatic rings. The van der Waals surface area contributed by atoms with Crippen LogP contribution in [0.5, 0.6) is 5.75 Å². The SMILES string of the molecule is CC(=O)COc1cccc(C)c1F. The van der Waals surface area contributed by atoms with Crippen molar-refractivity contribution < 1.29 is 13.9 Å². The van der Waals surface area contributed by atoms with Crippen molar-refractivity contribution in [3.63, 3.8) is 0 Å². The zero-order valence-electron chi connectivity index (χ0n) is 7.63. The molecule has 3 heteroatoms. The molecular weight excluding hydrogens is 171 g/mol. The third kappa shape index (κ3) is 2.54. The first-order chi connectivity index (χ1) is 6.11. The van der Waals surface area contributed by atoms with E-state index in [0.29, 0.717) is 5.56 Å². The maximum Gasteiger partial charge on any atom is 0.167 e. The van der Waals surface area contributed by atoms with Crippen LogP contribution >= 0.6 is 0 Å². The van der Waals surface area contributed by atoms with Crippen molar-refractivity contribution in [1.29, 1.82) is 0 Å². The van der Waals surface area contributed by atoms with Gasteiger partial charge in [-0.25, -0.2) is 4.39 Å². The number of halogens is 1. The first kappa shape index (κ1) is 9.71. The quantitative estimate of drug-likeness (QED) is 0.715. The van der Waals surface area contributed by atoms with Gasteiger partial charge in [0.15, 0.2) is 17.3 Å². The lowest BCUT2D eigenvalue weighted by molar-refractivity contribution is -0.118. The number of carbonyl (C=O) groups excluding carboxylic acids is 1. The maximum atomic E-state index is 13.2. The van der Waals surface area contributed by atoms with E-state index in [1.807, 2.05) is 0 Å². The number of aryl methyl sites for hydroxylation is 1. The lowest BCUT2D eigenvalue weighted by Gasteiger charge is -2.05. The number of carbonyl (C=O) groups is 1. The molecule has 0 bridgehead atoms. The summed E-state index contributed by atoms with van der Waals surface area (Å²) >= 11 is 0. The van der Waals surface area contributed by atoms with Crippen molar-refractivity contribution in [2.45, 2.75) is 13.8 Å². The second-order valence-corrected chi connectivity index (χ2v) is 2.88. The molecule has 0 aliphatic heterocycles. The van der Waals surface area contributed by atoms with E-state index in [2.05, 4.69) is 0 Å². The Balaban J connectivity index is 2.77. The number of hydrogen-bond donors (Lipinski definition) is 0. The average molecular weight is 182 g/mol. The molecular formula is C10H11FO2. The molecule has 0 heterocycles. The summed E-state index contributed by atoms with van der Waals surface area (Å²) in [6, 6.07) is 4.84. The van der Waals surface area contributed by atoms with Crippen LogP contribution in [0, 0.1) is 12.7 Å². The zero-order valence-corrected chi connectivity index (χ0v) is 7.63. The molecule has 0 spiro atoms. The average Bonchev–Trinajstić information content (AvgIpc) is 2.07. The summed E-state index contributed by atoms with van der Waals surface area (Å²) in [5.74, 6) is -0.389. The topological polar surface area (TPSA) is 26.3 Å². The minimum absolute atomic E-state index is 0.0830. The van der Waals surface area contributed by atoms with E-state index < -0.39 is 5.82 Å². The van der Waals surface area contributed by atoms with E-state index in [4.69, 9.17) is 4.74 Å². The second kappa shape index (κ2) is 4.03. The van der Waals surface area contributed by atoms with Crippen molar-refractivity contribution in [1.82, 2.24) is 0 Å². The van der Waals surface area contributed by atoms with Crippen LogP contribution in [0.1, 0.15) is 12.5 Å². The highest BCUT2D eigenvalue weighted by atomic mass is 19.1. The molecule has 0 fully saturated rings. The third-order valence-corrected chi connectivity index (χ3v) is 1.59. The van der Waals surface area contributed by atoms with Crippen molar-refractivity contribution in [2.24, 2.45) is 0 Å². The number of ether oxygens (including phenoxy) is 1. The minimum Gasteiger partial charge on any atom is -0.483 e. The van der Waals surface area contributed by atoms with Gasteiger partial charge >= 0.3 is 0 Å². The number of rotatable bonds is 3. The van der Waals surface area contributed by atoms with Gasteiger partial charge in [-0.3, -0.25) is 4.79 Å². The maximum absolute atomic E-state index is 13.2. The highest BCUT2D eigenvalue weighted by molar-refractivity contribution is 5.77. The predicted octanol–water partition coefficient (Wildman–Crippen LogP) is 2.10. The molecule has 2 nitrogen and oxygen atoms in total. The highest BCUT2D eigenvalue weighted by Crippen LogP contribution is 2.19. The van der Waals surface area contributed by atoms with E-state index in [1.54, 1.807) is 19.1 Å². The van der Waals surface area contributed by atoms with E-state index in [1.165, 1.54) is 13.0 Å². The van der Waals surface area contributed by atoms with Crippen molar-refractivity contribution in [2.75, 3.05) is 6.61 Å². The van der Waals surface area contributed by atoms with Gasteiger partial charge in [-0.2, -0.15) is 0 Å². The molecule has 0 saturated heterocycles. The molecule has 70 valence electrons. The Bertz CT molecular complexity index is 321. The van der Waals surface area contributed by atoms with Gasteiger partial charge in [-0.15, -0.1) is 0 Å². The third-order valence-electron chi connectivity index (χ3n) is 1.59. The summed E-state index contributed by atoms with van der Waals surface area (Å²) in [5, 5.41) is 0. The summed E-state index contributed by atoms with van der Waals surface area (Å²) in [6.07, 6.45) is 0. The van der Waals surface area contributed by atoms with Gasteiger partial charge in [0.25, 0.3) is 0 Å². The van der Waals surface area contributed by atoms with Crippen molar-refractivity contribution in [3.05, 3.63) is 29.6 Å². The summed E-state index contributed by atoms with van der Waals surface area (Å²) in [4.78, 5) is 10.6. The fraction of sp³-hybridized carbons (Fsp3) is 0.300. The van der Waals surface area contributed by atoms with Gasteiger partial charge in [0, 0.05) is 0 Å². The van der Waals surface area contributed by atoms with Gasteiger partial charge in [-0.1, -0.05) is 12.1 Å². The van der Waals surface area contributed by atoms with Crippen LogP contribution in [0.2, 0.25) is 0 Å². The molecule has 0 N–H and O–H groups in total. The fourth-order valence-corrected chi connectivity index (χ4v) is 0.911. The van der Waals surface area contributed by atoms with Gasteiger partial charge in [0.2, 0.25) is 0 Å². The zero-order chi connectivity index (χ0) is 9.84. The van der Waals surface area contributed by atoms with Crippen LogP contribution in [0.25, 0.3) is 0 Å². The van der Waals surface area contributed by atoms with E-state index >= 15 is 0 Å². The van der Waals surface area contributed by atoms with E-state index in [-0.39, 0.29) is 18.1 Å². The summed E-state index contributed by atoms with van der Waals surface area (Å²) in [6.45, 7) is 2.96.